The Bertz CT molecular complexity index is 180. The molecule has 1 aliphatic heterocycles. The molecule has 1 rings (SSSR count). The molecule has 1 atom stereocenters. The first-order chi connectivity index (χ1) is 6.16. The summed E-state index contributed by atoms with van der Waals surface area (Å²) in [5.41, 5.74) is 0. The largest absolute Gasteiger partial charge is 0.339 e. The zero-order chi connectivity index (χ0) is 9.84. The van der Waals surface area contributed by atoms with Gasteiger partial charge in [-0.2, -0.15) is 0 Å². The highest BCUT2D eigenvalue weighted by atomic mass is 16.2. The third-order valence-corrected chi connectivity index (χ3v) is 2.69. The third kappa shape index (κ3) is 2.44. The van der Waals surface area contributed by atoms with Gasteiger partial charge in [0.1, 0.15) is 0 Å². The summed E-state index contributed by atoms with van der Waals surface area (Å²) < 4.78 is 0. The van der Waals surface area contributed by atoms with E-state index >= 15 is 0 Å². The molecule has 1 fully saturated rings. The molecule has 1 heterocycles. The number of likely N-dealkylation sites (N-methyl/N-ethyl adjacent to an activating group) is 1. The first kappa shape index (κ1) is 10.5. The summed E-state index contributed by atoms with van der Waals surface area (Å²) in [6.45, 7) is 5.08. The molecule has 0 aromatic rings. The molecule has 1 aliphatic rings. The van der Waals surface area contributed by atoms with E-state index in [1.165, 1.54) is 0 Å². The van der Waals surface area contributed by atoms with Crippen molar-refractivity contribution in [1.82, 2.24) is 10.2 Å². The molecular weight excluding hydrogens is 164 g/mol. The van der Waals surface area contributed by atoms with Crippen LogP contribution in [-0.4, -0.2) is 36.5 Å². The molecule has 0 aromatic heterocycles. The summed E-state index contributed by atoms with van der Waals surface area (Å²) >= 11 is 0. The van der Waals surface area contributed by atoms with E-state index in [1.54, 1.807) is 0 Å². The molecule has 0 aliphatic carbocycles. The minimum absolute atomic E-state index is 0.0462. The second kappa shape index (κ2) is 4.61. The van der Waals surface area contributed by atoms with Crippen LogP contribution in [0.3, 0.4) is 0 Å². The average Bonchev–Trinajstić information content (AvgIpc) is 2.26. The molecular formula is C10H20N2O. The Morgan fingerprint density at radius 1 is 1.46 bits per heavy atom. The highest BCUT2D eigenvalue weighted by Gasteiger charge is 2.26. The van der Waals surface area contributed by atoms with Crippen molar-refractivity contribution >= 4 is 5.91 Å². The fraction of sp³-hybridized carbons (Fsp3) is 0.900. The van der Waals surface area contributed by atoms with E-state index in [1.807, 2.05) is 11.9 Å². The van der Waals surface area contributed by atoms with Crippen LogP contribution in [0.15, 0.2) is 0 Å². The highest BCUT2D eigenvalue weighted by Crippen LogP contribution is 2.14. The molecule has 1 saturated heterocycles. The van der Waals surface area contributed by atoms with E-state index in [2.05, 4.69) is 19.2 Å². The van der Waals surface area contributed by atoms with Crippen molar-refractivity contribution in [2.24, 2.45) is 0 Å². The lowest BCUT2D eigenvalue weighted by molar-refractivity contribution is -0.134. The Morgan fingerprint density at radius 2 is 2.15 bits per heavy atom. The molecule has 0 radical (unpaired) electrons. The van der Waals surface area contributed by atoms with Gasteiger partial charge in [0.2, 0.25) is 5.91 Å². The summed E-state index contributed by atoms with van der Waals surface area (Å²) in [6.07, 6.45) is 3.28. The van der Waals surface area contributed by atoms with Crippen LogP contribution in [-0.2, 0) is 4.79 Å². The normalized spacial score (nSPS) is 25.1. The van der Waals surface area contributed by atoms with Gasteiger partial charge in [0.05, 0.1) is 6.04 Å². The molecule has 1 N–H and O–H groups in total. The number of amides is 1. The van der Waals surface area contributed by atoms with Crippen LogP contribution >= 0.6 is 0 Å². The Hall–Kier alpha value is -0.570. The lowest BCUT2D eigenvalue weighted by Gasteiger charge is -2.27. The molecule has 0 aromatic carbocycles. The predicted octanol–water partition coefficient (Wildman–Crippen LogP) is 0.995. The molecule has 1 unspecified atom stereocenters. The Balaban J connectivity index is 2.67. The Labute approximate surface area is 80.5 Å². The van der Waals surface area contributed by atoms with Crippen LogP contribution in [0.25, 0.3) is 0 Å². The van der Waals surface area contributed by atoms with Gasteiger partial charge < -0.3 is 10.2 Å². The summed E-state index contributed by atoms with van der Waals surface area (Å²) in [5, 5.41) is 3.09. The van der Waals surface area contributed by atoms with Crippen LogP contribution in [0.1, 0.15) is 33.1 Å². The number of rotatable bonds is 2. The zero-order valence-electron chi connectivity index (χ0n) is 8.84. The monoisotopic (exact) mass is 184 g/mol. The maximum atomic E-state index is 11.9. The van der Waals surface area contributed by atoms with Gasteiger partial charge in [-0.3, -0.25) is 4.79 Å². The fourth-order valence-corrected chi connectivity index (χ4v) is 1.84. The van der Waals surface area contributed by atoms with E-state index in [9.17, 15) is 4.79 Å². The zero-order valence-corrected chi connectivity index (χ0v) is 8.84. The Morgan fingerprint density at radius 3 is 2.69 bits per heavy atom. The average molecular weight is 184 g/mol. The van der Waals surface area contributed by atoms with Gasteiger partial charge in [-0.15, -0.1) is 0 Å². The SMILES string of the molecule is CNC1CCCCN(C(C)C)C1=O. The van der Waals surface area contributed by atoms with Gasteiger partial charge in [0, 0.05) is 12.6 Å². The van der Waals surface area contributed by atoms with Crippen LogP contribution in [0.5, 0.6) is 0 Å². The lowest BCUT2D eigenvalue weighted by Crippen LogP contribution is -2.46. The molecule has 0 spiro atoms. The number of carbonyl (C=O) groups is 1. The second-order valence-electron chi connectivity index (χ2n) is 3.96. The number of hydrogen-bond donors (Lipinski definition) is 1. The first-order valence-electron chi connectivity index (χ1n) is 5.14. The quantitative estimate of drug-likeness (QED) is 0.694. The van der Waals surface area contributed by atoms with Gasteiger partial charge in [-0.05, 0) is 40.2 Å². The molecule has 76 valence electrons. The summed E-state index contributed by atoms with van der Waals surface area (Å²) in [4.78, 5) is 13.9. The number of nitrogens with zero attached hydrogens (tertiary/aromatic N) is 1. The van der Waals surface area contributed by atoms with Gasteiger partial charge in [0.25, 0.3) is 0 Å². The van der Waals surface area contributed by atoms with Gasteiger partial charge in [-0.25, -0.2) is 0 Å². The molecule has 0 bridgehead atoms. The standard InChI is InChI=1S/C10H20N2O/c1-8(2)12-7-5-4-6-9(11-3)10(12)13/h8-9,11H,4-7H2,1-3H3. The smallest absolute Gasteiger partial charge is 0.239 e. The van der Waals surface area contributed by atoms with E-state index < -0.39 is 0 Å². The van der Waals surface area contributed by atoms with E-state index in [0.29, 0.717) is 6.04 Å². The minimum Gasteiger partial charge on any atom is -0.339 e. The van der Waals surface area contributed by atoms with Crippen LogP contribution in [0, 0.1) is 0 Å². The van der Waals surface area contributed by atoms with Crippen molar-refractivity contribution in [3.05, 3.63) is 0 Å². The first-order valence-corrected chi connectivity index (χ1v) is 5.14. The molecule has 3 heteroatoms. The summed E-state index contributed by atoms with van der Waals surface area (Å²) in [6, 6.07) is 0.381. The number of nitrogens with one attached hydrogen (secondary N) is 1. The fourth-order valence-electron chi connectivity index (χ4n) is 1.84. The van der Waals surface area contributed by atoms with Crippen molar-refractivity contribution < 1.29 is 4.79 Å². The molecule has 13 heavy (non-hydrogen) atoms. The molecule has 3 nitrogen and oxygen atoms in total. The molecule has 1 amide bonds. The second-order valence-corrected chi connectivity index (χ2v) is 3.96. The summed E-state index contributed by atoms with van der Waals surface area (Å²) in [5.74, 6) is 0.273. The maximum absolute atomic E-state index is 11.9. The van der Waals surface area contributed by atoms with E-state index in [4.69, 9.17) is 0 Å². The van der Waals surface area contributed by atoms with E-state index in [-0.39, 0.29) is 11.9 Å². The Kier molecular flexibility index (Phi) is 3.72. The number of hydrogen-bond acceptors (Lipinski definition) is 2. The van der Waals surface area contributed by atoms with Gasteiger partial charge in [0.15, 0.2) is 0 Å². The van der Waals surface area contributed by atoms with E-state index in [0.717, 1.165) is 25.8 Å². The number of carbonyl (C=O) groups excluding carboxylic acids is 1. The highest BCUT2D eigenvalue weighted by molar-refractivity contribution is 5.82. The van der Waals surface area contributed by atoms with Crippen molar-refractivity contribution in [1.29, 1.82) is 0 Å². The van der Waals surface area contributed by atoms with Crippen molar-refractivity contribution in [2.75, 3.05) is 13.6 Å². The van der Waals surface area contributed by atoms with Crippen LogP contribution in [0.4, 0.5) is 0 Å². The third-order valence-electron chi connectivity index (χ3n) is 2.69. The van der Waals surface area contributed by atoms with Crippen LogP contribution in [0.2, 0.25) is 0 Å². The van der Waals surface area contributed by atoms with Gasteiger partial charge in [-0.1, -0.05) is 0 Å². The lowest BCUT2D eigenvalue weighted by atomic mass is 10.1. The predicted molar refractivity (Wildman–Crippen MR) is 53.5 cm³/mol. The molecule has 0 saturated carbocycles. The minimum atomic E-state index is 0.0462. The maximum Gasteiger partial charge on any atom is 0.239 e. The van der Waals surface area contributed by atoms with Gasteiger partial charge >= 0.3 is 0 Å². The van der Waals surface area contributed by atoms with Crippen molar-refractivity contribution in [3.63, 3.8) is 0 Å². The number of likely N-dealkylation sites (tertiary alicyclic amines) is 1. The van der Waals surface area contributed by atoms with Crippen molar-refractivity contribution in [2.45, 2.75) is 45.2 Å². The van der Waals surface area contributed by atoms with Crippen molar-refractivity contribution in [3.8, 4) is 0 Å². The summed E-state index contributed by atoms with van der Waals surface area (Å²) in [7, 11) is 1.87. The topological polar surface area (TPSA) is 32.3 Å². The van der Waals surface area contributed by atoms with Crippen LogP contribution < -0.4 is 5.32 Å².